The van der Waals surface area contributed by atoms with Crippen LogP contribution in [0.2, 0.25) is 0 Å². The van der Waals surface area contributed by atoms with Crippen LogP contribution < -0.4 is 0 Å². The lowest BCUT2D eigenvalue weighted by atomic mass is 10.2. The molecule has 1 fully saturated rings. The van der Waals surface area contributed by atoms with Crippen molar-refractivity contribution in [2.24, 2.45) is 0 Å². The lowest BCUT2D eigenvalue weighted by Crippen LogP contribution is -2.40. The van der Waals surface area contributed by atoms with Crippen molar-refractivity contribution in [3.63, 3.8) is 0 Å². The van der Waals surface area contributed by atoms with Gasteiger partial charge < -0.3 is 9.15 Å². The molecule has 0 spiro atoms. The van der Waals surface area contributed by atoms with Crippen LogP contribution >= 0.6 is 0 Å². The number of hydrogen-bond donors (Lipinski definition) is 0. The molecule has 0 saturated carbocycles. The summed E-state index contributed by atoms with van der Waals surface area (Å²) in [5, 5.41) is 0. The second-order valence-corrected chi connectivity index (χ2v) is 6.89. The van der Waals surface area contributed by atoms with Crippen molar-refractivity contribution in [1.82, 2.24) is 9.29 Å². The van der Waals surface area contributed by atoms with Gasteiger partial charge in [-0.2, -0.15) is 4.31 Å². The Hall–Kier alpha value is -1.77. The van der Waals surface area contributed by atoms with E-state index in [0.717, 1.165) is 0 Å². The van der Waals surface area contributed by atoms with Crippen LogP contribution in [0.1, 0.15) is 11.5 Å². The molecule has 118 valence electrons. The molecule has 22 heavy (non-hydrogen) atoms. The summed E-state index contributed by atoms with van der Waals surface area (Å²) in [6, 6.07) is 6.15. The van der Waals surface area contributed by atoms with E-state index in [1.165, 1.54) is 10.4 Å². The third-order valence-corrected chi connectivity index (χ3v) is 5.00. The fourth-order valence-electron chi connectivity index (χ4n) is 2.21. The van der Waals surface area contributed by atoms with Gasteiger partial charge in [0.25, 0.3) is 0 Å². The quantitative estimate of drug-likeness (QED) is 0.861. The molecule has 2 heterocycles. The minimum atomic E-state index is -3.45. The van der Waals surface area contributed by atoms with E-state index < -0.39 is 15.8 Å². The summed E-state index contributed by atoms with van der Waals surface area (Å²) in [6.45, 7) is 2.38. The van der Waals surface area contributed by atoms with E-state index in [2.05, 4.69) is 4.98 Å². The van der Waals surface area contributed by atoms with Gasteiger partial charge >= 0.3 is 0 Å². The number of sulfonamides is 1. The molecular weight excluding hydrogens is 311 g/mol. The van der Waals surface area contributed by atoms with Crippen LogP contribution in [-0.2, 0) is 21.3 Å². The number of nitrogens with zero attached hydrogens (tertiary/aromatic N) is 2. The van der Waals surface area contributed by atoms with Gasteiger partial charge in [-0.15, -0.1) is 0 Å². The molecule has 0 atom stereocenters. The van der Waals surface area contributed by atoms with Crippen molar-refractivity contribution < 1.29 is 22.0 Å². The molecule has 0 radical (unpaired) electrons. The van der Waals surface area contributed by atoms with E-state index in [1.54, 1.807) is 25.1 Å². The highest BCUT2D eigenvalue weighted by Crippen LogP contribution is 2.25. The van der Waals surface area contributed by atoms with E-state index in [1.807, 2.05) is 0 Å². The normalized spacial score (nSPS) is 18.5. The van der Waals surface area contributed by atoms with Crippen molar-refractivity contribution in [2.45, 2.75) is 13.5 Å². The fourth-order valence-corrected chi connectivity index (χ4v) is 3.36. The van der Waals surface area contributed by atoms with Gasteiger partial charge in [0.2, 0.25) is 15.9 Å². The molecular formula is C14H15FN2O4S. The molecule has 8 heteroatoms. The predicted octanol–water partition coefficient (Wildman–Crippen LogP) is 1.91. The van der Waals surface area contributed by atoms with Crippen LogP contribution in [0.25, 0.3) is 11.5 Å². The first kappa shape index (κ1) is 15.1. The van der Waals surface area contributed by atoms with E-state index in [-0.39, 0.29) is 30.5 Å². The van der Waals surface area contributed by atoms with E-state index in [9.17, 15) is 12.8 Å². The van der Waals surface area contributed by atoms with Crippen LogP contribution in [-0.4, -0.2) is 36.8 Å². The Bertz CT molecular complexity index is 788. The van der Waals surface area contributed by atoms with Crippen LogP contribution in [0.4, 0.5) is 4.39 Å². The molecule has 1 aromatic heterocycles. The Balaban J connectivity index is 1.89. The smallest absolute Gasteiger partial charge is 0.238 e. The maximum Gasteiger partial charge on any atom is 0.238 e. The van der Waals surface area contributed by atoms with Gasteiger partial charge in [0.15, 0.2) is 5.94 Å². The van der Waals surface area contributed by atoms with Crippen molar-refractivity contribution in [1.29, 1.82) is 0 Å². The van der Waals surface area contributed by atoms with Crippen molar-refractivity contribution in [2.75, 3.05) is 19.1 Å². The Kier molecular flexibility index (Phi) is 3.98. The maximum atomic E-state index is 13.8. The molecule has 1 aliphatic heterocycles. The minimum absolute atomic E-state index is 0.0927. The van der Waals surface area contributed by atoms with Gasteiger partial charge in [-0.05, 0) is 19.1 Å². The summed E-state index contributed by atoms with van der Waals surface area (Å²) in [5.41, 5.74) is 0.727. The average molecular weight is 326 g/mol. The van der Waals surface area contributed by atoms with Gasteiger partial charge in [-0.25, -0.2) is 17.8 Å². The van der Waals surface area contributed by atoms with Crippen molar-refractivity contribution in [3.05, 3.63) is 41.5 Å². The molecule has 0 bridgehead atoms. The molecule has 2 aromatic rings. The SMILES string of the molecule is Cc1oc(-c2ccccc2F)nc1CN1CCOCS1(=O)=O. The highest BCUT2D eigenvalue weighted by atomic mass is 32.2. The molecule has 0 aliphatic carbocycles. The molecule has 1 aliphatic rings. The average Bonchev–Trinajstić information content (AvgIpc) is 2.83. The number of hydrogen-bond acceptors (Lipinski definition) is 5. The van der Waals surface area contributed by atoms with E-state index in [0.29, 0.717) is 18.1 Å². The standard InChI is InChI=1S/C14H15FN2O4S/c1-10-13(8-17-6-7-20-9-22(17,18)19)16-14(21-10)11-4-2-3-5-12(11)15/h2-5H,6-9H2,1H3. The van der Waals surface area contributed by atoms with Gasteiger partial charge in [-0.1, -0.05) is 12.1 Å². The lowest BCUT2D eigenvalue weighted by Gasteiger charge is -2.25. The Morgan fingerprint density at radius 2 is 2.14 bits per heavy atom. The molecule has 1 aromatic carbocycles. The lowest BCUT2D eigenvalue weighted by molar-refractivity contribution is 0.130. The second kappa shape index (κ2) is 5.79. The summed E-state index contributed by atoms with van der Waals surface area (Å²) in [4.78, 5) is 4.25. The number of aromatic nitrogens is 1. The zero-order valence-electron chi connectivity index (χ0n) is 12.0. The van der Waals surface area contributed by atoms with Gasteiger partial charge in [-0.3, -0.25) is 0 Å². The number of halogens is 1. The van der Waals surface area contributed by atoms with Crippen LogP contribution in [0.5, 0.6) is 0 Å². The zero-order chi connectivity index (χ0) is 15.7. The molecule has 0 N–H and O–H groups in total. The first-order valence-corrected chi connectivity index (χ1v) is 8.35. The topological polar surface area (TPSA) is 72.6 Å². The van der Waals surface area contributed by atoms with E-state index >= 15 is 0 Å². The van der Waals surface area contributed by atoms with Crippen LogP contribution in [0.15, 0.2) is 28.7 Å². The molecule has 3 rings (SSSR count). The summed E-state index contributed by atoms with van der Waals surface area (Å²) in [5.74, 6) is -0.144. The summed E-state index contributed by atoms with van der Waals surface area (Å²) in [7, 11) is -3.45. The largest absolute Gasteiger partial charge is 0.441 e. The number of oxazole rings is 1. The highest BCUT2D eigenvalue weighted by Gasteiger charge is 2.28. The monoisotopic (exact) mass is 326 g/mol. The fraction of sp³-hybridized carbons (Fsp3) is 0.357. The van der Waals surface area contributed by atoms with Crippen LogP contribution in [0, 0.1) is 12.7 Å². The Labute approximate surface area is 127 Å². The third-order valence-electron chi connectivity index (χ3n) is 3.43. The first-order chi connectivity index (χ1) is 10.5. The van der Waals surface area contributed by atoms with Gasteiger partial charge in [0, 0.05) is 6.54 Å². The number of benzene rings is 1. The maximum absolute atomic E-state index is 13.8. The zero-order valence-corrected chi connectivity index (χ0v) is 12.8. The second-order valence-electron chi connectivity index (χ2n) is 4.97. The predicted molar refractivity (Wildman–Crippen MR) is 76.8 cm³/mol. The van der Waals surface area contributed by atoms with Gasteiger partial charge in [0.05, 0.1) is 24.4 Å². The summed E-state index contributed by atoms with van der Waals surface area (Å²) in [6.07, 6.45) is 0. The van der Waals surface area contributed by atoms with Crippen molar-refractivity contribution in [3.8, 4) is 11.5 Å². The molecule has 0 amide bonds. The molecule has 6 nitrogen and oxygen atoms in total. The number of rotatable bonds is 3. The number of aryl methyl sites for hydroxylation is 1. The third kappa shape index (κ3) is 2.90. The first-order valence-electron chi connectivity index (χ1n) is 6.74. The number of ether oxygens (including phenoxy) is 1. The summed E-state index contributed by atoms with van der Waals surface area (Å²) < 4.78 is 49.3. The van der Waals surface area contributed by atoms with Crippen LogP contribution in [0.3, 0.4) is 0 Å². The highest BCUT2D eigenvalue weighted by molar-refractivity contribution is 7.88. The van der Waals surface area contributed by atoms with Crippen molar-refractivity contribution >= 4 is 10.0 Å². The Morgan fingerprint density at radius 1 is 1.36 bits per heavy atom. The van der Waals surface area contributed by atoms with E-state index in [4.69, 9.17) is 9.15 Å². The van der Waals surface area contributed by atoms with Gasteiger partial charge in [0.1, 0.15) is 11.6 Å². The minimum Gasteiger partial charge on any atom is -0.441 e. The summed E-state index contributed by atoms with van der Waals surface area (Å²) >= 11 is 0. The Morgan fingerprint density at radius 3 is 2.86 bits per heavy atom. The molecule has 1 saturated heterocycles. The molecule has 0 unspecified atom stereocenters.